The smallest absolute Gasteiger partial charge is 0.0719 e. The van der Waals surface area contributed by atoms with Gasteiger partial charge in [0.2, 0.25) is 0 Å². The first kappa shape index (κ1) is 21.5. The van der Waals surface area contributed by atoms with Crippen molar-refractivity contribution in [2.45, 2.75) is 0 Å². The highest BCUT2D eigenvalue weighted by atomic mass is 35.5. The molecule has 0 atom stereocenters. The van der Waals surface area contributed by atoms with E-state index in [9.17, 15) is 0 Å². The monoisotopic (exact) mass is 97.0 g/mol. The highest BCUT2D eigenvalue weighted by Crippen LogP contribution is 1.26. The molecule has 34 valence electrons. The summed E-state index contributed by atoms with van der Waals surface area (Å²) in [6.07, 6.45) is 0.750. The minimum Gasteiger partial charge on any atom is -0.516 e. The van der Waals surface area contributed by atoms with Crippen molar-refractivity contribution < 1.29 is 5.11 Å². The van der Waals surface area contributed by atoms with Crippen LogP contribution in [0.15, 0.2) is 12.8 Å². The molecule has 0 aliphatic heterocycles. The lowest BCUT2D eigenvalue weighted by Crippen LogP contribution is -1.25. The zero-order chi connectivity index (χ0) is 2.71. The van der Waals surface area contributed by atoms with Gasteiger partial charge in [0.15, 0.2) is 0 Å². The Morgan fingerprint density at radius 3 is 1.60 bits per heavy atom. The quantitative estimate of drug-likeness (QED) is 0.447. The number of hydrogen-bond donors (Lipinski definition) is 2. The Balaban J connectivity index is -0.0000000200. The van der Waals surface area contributed by atoms with Gasteiger partial charge in [-0.05, 0) is 0 Å². The van der Waals surface area contributed by atoms with Gasteiger partial charge in [0.25, 0.3) is 0 Å². The molecule has 0 saturated heterocycles. The van der Waals surface area contributed by atoms with Crippen LogP contribution >= 0.6 is 12.4 Å². The zero-order valence-electron chi connectivity index (χ0n) is 2.85. The molecule has 0 aromatic heterocycles. The number of halogens is 1. The van der Waals surface area contributed by atoms with Gasteiger partial charge >= 0.3 is 0 Å². The second-order valence-electron chi connectivity index (χ2n) is 0.183. The molecule has 0 unspecified atom stereocenters. The molecule has 0 radical (unpaired) electrons. The van der Waals surface area contributed by atoms with Crippen molar-refractivity contribution in [2.75, 3.05) is 0 Å². The van der Waals surface area contributed by atoms with Crippen LogP contribution in [-0.2, 0) is 0 Å². The van der Waals surface area contributed by atoms with E-state index in [-0.39, 0.29) is 18.6 Å². The maximum absolute atomic E-state index is 7.33. The van der Waals surface area contributed by atoms with Crippen molar-refractivity contribution >= 4 is 12.4 Å². The average molecular weight is 97.5 g/mol. The van der Waals surface area contributed by atoms with Crippen LogP contribution < -0.4 is 6.15 Å². The van der Waals surface area contributed by atoms with E-state index in [0.29, 0.717) is 0 Å². The van der Waals surface area contributed by atoms with Gasteiger partial charge in [0, 0.05) is 0 Å². The highest BCUT2D eigenvalue weighted by molar-refractivity contribution is 5.85. The Morgan fingerprint density at radius 1 is 1.60 bits per heavy atom. The SMILES string of the molecule is C=CO.Cl.N. The molecule has 0 amide bonds. The minimum atomic E-state index is 0. The predicted molar refractivity (Wildman–Crippen MR) is 25.1 cm³/mol. The second-order valence-corrected chi connectivity index (χ2v) is 0.183. The maximum atomic E-state index is 7.33. The molecule has 0 spiro atoms. The van der Waals surface area contributed by atoms with Crippen molar-refractivity contribution in [1.82, 2.24) is 6.15 Å². The molecule has 0 saturated carbocycles. The molecule has 0 aliphatic rings. The first-order valence-corrected chi connectivity index (χ1v) is 0.666. The van der Waals surface area contributed by atoms with Crippen LogP contribution in [0.3, 0.4) is 0 Å². The number of aliphatic hydroxyl groups is 1. The normalized spacial score (nSPS) is 2.40. The molecule has 0 heterocycles. The van der Waals surface area contributed by atoms with E-state index in [4.69, 9.17) is 5.11 Å². The van der Waals surface area contributed by atoms with E-state index in [1.807, 2.05) is 0 Å². The molecule has 0 aromatic rings. The molecule has 5 heavy (non-hydrogen) atoms. The van der Waals surface area contributed by atoms with Crippen LogP contribution in [0.25, 0.3) is 0 Å². The van der Waals surface area contributed by atoms with Gasteiger partial charge in [0.1, 0.15) is 0 Å². The van der Waals surface area contributed by atoms with Crippen LogP contribution in [0.5, 0.6) is 0 Å². The van der Waals surface area contributed by atoms with Crippen molar-refractivity contribution in [3.05, 3.63) is 12.8 Å². The summed E-state index contributed by atoms with van der Waals surface area (Å²) in [6, 6.07) is 0. The van der Waals surface area contributed by atoms with Crippen LogP contribution in [-0.4, -0.2) is 5.11 Å². The van der Waals surface area contributed by atoms with Crippen LogP contribution in [0.4, 0.5) is 0 Å². The molecule has 0 aromatic carbocycles. The summed E-state index contributed by atoms with van der Waals surface area (Å²) in [5.41, 5.74) is 0. The van der Waals surface area contributed by atoms with E-state index in [1.54, 1.807) is 0 Å². The van der Waals surface area contributed by atoms with Gasteiger partial charge in [-0.15, -0.1) is 12.4 Å². The Bertz CT molecular complexity index is 17.1. The lowest BCUT2D eigenvalue weighted by molar-refractivity contribution is 0.476. The lowest BCUT2D eigenvalue weighted by atomic mass is 11.2. The summed E-state index contributed by atoms with van der Waals surface area (Å²) >= 11 is 0. The molecule has 0 bridgehead atoms. The van der Waals surface area contributed by atoms with Gasteiger partial charge in [-0.2, -0.15) is 0 Å². The highest BCUT2D eigenvalue weighted by Gasteiger charge is 1.11. The van der Waals surface area contributed by atoms with Gasteiger partial charge in [-0.25, -0.2) is 0 Å². The third-order valence-corrected chi connectivity index (χ3v) is 0. The summed E-state index contributed by atoms with van der Waals surface area (Å²) in [5.74, 6) is 0. The standard InChI is InChI=1S/C2H4O.ClH.H3N/c1-2-3;;/h2-3H,1H2;1H;1H3. The largest absolute Gasteiger partial charge is 0.516 e. The lowest BCUT2D eigenvalue weighted by Gasteiger charge is -1.41. The van der Waals surface area contributed by atoms with Crippen LogP contribution in [0.1, 0.15) is 0 Å². The van der Waals surface area contributed by atoms with Crippen LogP contribution in [0, 0.1) is 0 Å². The summed E-state index contributed by atoms with van der Waals surface area (Å²) in [4.78, 5) is 0. The fraction of sp³-hybridized carbons (Fsp3) is 0. The molecular weight excluding hydrogens is 89.5 g/mol. The predicted octanol–water partition coefficient (Wildman–Crippen LogP) is 1.27. The summed E-state index contributed by atoms with van der Waals surface area (Å²) in [5, 5.41) is 7.33. The second kappa shape index (κ2) is 47.3. The molecule has 0 rings (SSSR count). The molecule has 0 aliphatic carbocycles. The van der Waals surface area contributed by atoms with Gasteiger partial charge in [-0.1, -0.05) is 6.58 Å². The summed E-state index contributed by atoms with van der Waals surface area (Å²) < 4.78 is 0. The van der Waals surface area contributed by atoms with Crippen molar-refractivity contribution in [3.63, 3.8) is 0 Å². The molecule has 4 N–H and O–H groups in total. The Morgan fingerprint density at radius 2 is 1.60 bits per heavy atom. The maximum Gasteiger partial charge on any atom is 0.0719 e. The molecule has 3 heteroatoms. The van der Waals surface area contributed by atoms with Crippen molar-refractivity contribution in [1.29, 1.82) is 0 Å². The third kappa shape index (κ3) is 275. The fourth-order valence-corrected chi connectivity index (χ4v) is 0. The van der Waals surface area contributed by atoms with Crippen molar-refractivity contribution in [3.8, 4) is 0 Å². The molecule has 0 fully saturated rings. The third-order valence-electron chi connectivity index (χ3n) is 0. The van der Waals surface area contributed by atoms with E-state index < -0.39 is 0 Å². The first-order chi connectivity index (χ1) is 1.41. The topological polar surface area (TPSA) is 55.2 Å². The van der Waals surface area contributed by atoms with E-state index in [0.717, 1.165) is 6.26 Å². The molecule has 2 nitrogen and oxygen atoms in total. The van der Waals surface area contributed by atoms with E-state index in [1.165, 1.54) is 0 Å². The number of aliphatic hydroxyl groups excluding tert-OH is 1. The first-order valence-electron chi connectivity index (χ1n) is 0.666. The number of rotatable bonds is 0. The minimum absolute atomic E-state index is 0. The fourth-order valence-electron chi connectivity index (χ4n) is 0. The Hall–Kier alpha value is -0.210. The Kier molecular flexibility index (Phi) is 203. The van der Waals surface area contributed by atoms with Crippen LogP contribution in [0.2, 0.25) is 0 Å². The Labute approximate surface area is 37.5 Å². The average Bonchev–Trinajstić information content (AvgIpc) is 0.918. The summed E-state index contributed by atoms with van der Waals surface area (Å²) in [7, 11) is 0. The molecular formula is C2H8ClNO. The number of hydrogen-bond acceptors (Lipinski definition) is 2. The van der Waals surface area contributed by atoms with Gasteiger partial charge < -0.3 is 11.3 Å². The zero-order valence-corrected chi connectivity index (χ0v) is 3.66. The van der Waals surface area contributed by atoms with Gasteiger partial charge in [0.05, 0.1) is 6.26 Å². The van der Waals surface area contributed by atoms with Gasteiger partial charge in [-0.3, -0.25) is 0 Å². The van der Waals surface area contributed by atoms with E-state index >= 15 is 0 Å². The van der Waals surface area contributed by atoms with E-state index in [2.05, 4.69) is 6.58 Å². The summed E-state index contributed by atoms with van der Waals surface area (Å²) in [6.45, 7) is 2.92. The van der Waals surface area contributed by atoms with Crippen molar-refractivity contribution in [2.24, 2.45) is 0 Å².